The van der Waals surface area contributed by atoms with E-state index in [4.69, 9.17) is 9.47 Å². The second kappa shape index (κ2) is 5.21. The summed E-state index contributed by atoms with van der Waals surface area (Å²) in [5, 5.41) is 9.39. The van der Waals surface area contributed by atoms with E-state index in [1.807, 2.05) is 39.0 Å². The molecule has 1 rings (SSSR count). The fraction of sp³-hybridized carbons (Fsp3) is 0.538. The summed E-state index contributed by atoms with van der Waals surface area (Å²) in [7, 11) is 1.62. The molecule has 3 heteroatoms. The minimum atomic E-state index is -0.335. The summed E-state index contributed by atoms with van der Waals surface area (Å²) in [6.45, 7) is 6.54. The second-order valence-corrected chi connectivity index (χ2v) is 4.31. The van der Waals surface area contributed by atoms with Gasteiger partial charge in [-0.25, -0.2) is 0 Å². The van der Waals surface area contributed by atoms with Crippen molar-refractivity contribution in [2.75, 3.05) is 20.3 Å². The molecule has 3 nitrogen and oxygen atoms in total. The van der Waals surface area contributed by atoms with Crippen molar-refractivity contribution in [2.45, 2.75) is 26.2 Å². The molecule has 0 spiro atoms. The Hall–Kier alpha value is -1.22. The molecule has 0 unspecified atom stereocenters. The maximum Gasteiger partial charge on any atom is 0.164 e. The standard InChI is InChI=1S/C13H20O3/c1-5-16-11-8-6-7-10(12(11)15-4)13(2,3)9-14/h6-8,14H,5,9H2,1-4H3. The van der Waals surface area contributed by atoms with Gasteiger partial charge in [0, 0.05) is 11.0 Å². The van der Waals surface area contributed by atoms with Crippen LogP contribution in [0.4, 0.5) is 0 Å². The van der Waals surface area contributed by atoms with E-state index in [0.717, 1.165) is 11.3 Å². The molecule has 0 fully saturated rings. The van der Waals surface area contributed by atoms with E-state index in [9.17, 15) is 5.11 Å². The third-order valence-electron chi connectivity index (χ3n) is 2.61. The van der Waals surface area contributed by atoms with E-state index in [1.165, 1.54) is 0 Å². The zero-order chi connectivity index (χ0) is 12.2. The predicted octanol–water partition coefficient (Wildman–Crippen LogP) is 2.36. The Labute approximate surface area is 97.0 Å². The number of para-hydroxylation sites is 1. The van der Waals surface area contributed by atoms with Gasteiger partial charge in [-0.3, -0.25) is 0 Å². The highest BCUT2D eigenvalue weighted by atomic mass is 16.5. The summed E-state index contributed by atoms with van der Waals surface area (Å²) in [5.74, 6) is 1.44. The van der Waals surface area contributed by atoms with Crippen LogP contribution in [-0.4, -0.2) is 25.4 Å². The summed E-state index contributed by atoms with van der Waals surface area (Å²) in [6, 6.07) is 5.75. The first-order chi connectivity index (χ1) is 7.56. The van der Waals surface area contributed by atoms with Crippen molar-refractivity contribution in [3.05, 3.63) is 23.8 Å². The van der Waals surface area contributed by atoms with Crippen molar-refractivity contribution in [2.24, 2.45) is 0 Å². The molecule has 90 valence electrons. The minimum absolute atomic E-state index is 0.0684. The SMILES string of the molecule is CCOc1cccc(C(C)(C)CO)c1OC. The van der Waals surface area contributed by atoms with E-state index in [-0.39, 0.29) is 12.0 Å². The molecule has 16 heavy (non-hydrogen) atoms. The third kappa shape index (κ3) is 2.47. The number of methoxy groups -OCH3 is 1. The maximum atomic E-state index is 9.39. The molecule has 0 atom stereocenters. The van der Waals surface area contributed by atoms with Gasteiger partial charge in [-0.2, -0.15) is 0 Å². The molecular weight excluding hydrogens is 204 g/mol. The summed E-state index contributed by atoms with van der Waals surface area (Å²) in [6.07, 6.45) is 0. The van der Waals surface area contributed by atoms with Crippen LogP contribution in [0.2, 0.25) is 0 Å². The Kier molecular flexibility index (Phi) is 4.19. The van der Waals surface area contributed by atoms with Crippen molar-refractivity contribution in [3.63, 3.8) is 0 Å². The highest BCUT2D eigenvalue weighted by molar-refractivity contribution is 5.49. The van der Waals surface area contributed by atoms with Gasteiger partial charge in [-0.15, -0.1) is 0 Å². The van der Waals surface area contributed by atoms with Gasteiger partial charge in [0.1, 0.15) is 0 Å². The minimum Gasteiger partial charge on any atom is -0.493 e. The van der Waals surface area contributed by atoms with Gasteiger partial charge in [-0.1, -0.05) is 26.0 Å². The number of rotatable bonds is 5. The van der Waals surface area contributed by atoms with Gasteiger partial charge in [-0.05, 0) is 13.0 Å². The van der Waals surface area contributed by atoms with Crippen LogP contribution in [-0.2, 0) is 5.41 Å². The van der Waals surface area contributed by atoms with Crippen molar-refractivity contribution in [3.8, 4) is 11.5 Å². The number of benzene rings is 1. The van der Waals surface area contributed by atoms with Gasteiger partial charge < -0.3 is 14.6 Å². The van der Waals surface area contributed by atoms with E-state index in [0.29, 0.717) is 12.4 Å². The lowest BCUT2D eigenvalue weighted by Gasteiger charge is -2.25. The van der Waals surface area contributed by atoms with Crippen molar-refractivity contribution >= 4 is 0 Å². The van der Waals surface area contributed by atoms with Gasteiger partial charge in [0.2, 0.25) is 0 Å². The normalized spacial score (nSPS) is 11.3. The second-order valence-electron chi connectivity index (χ2n) is 4.31. The van der Waals surface area contributed by atoms with Crippen molar-refractivity contribution in [1.29, 1.82) is 0 Å². The van der Waals surface area contributed by atoms with Crippen LogP contribution in [0.1, 0.15) is 26.3 Å². The monoisotopic (exact) mass is 224 g/mol. The summed E-state index contributed by atoms with van der Waals surface area (Å²) in [5.41, 5.74) is 0.627. The molecule has 0 amide bonds. The Bertz CT molecular complexity index is 345. The first-order valence-corrected chi connectivity index (χ1v) is 5.48. The molecular formula is C13H20O3. The quantitative estimate of drug-likeness (QED) is 0.834. The third-order valence-corrected chi connectivity index (χ3v) is 2.61. The Morgan fingerprint density at radius 1 is 1.31 bits per heavy atom. The van der Waals surface area contributed by atoms with E-state index < -0.39 is 0 Å². The van der Waals surface area contributed by atoms with Crippen LogP contribution in [0.25, 0.3) is 0 Å². The van der Waals surface area contributed by atoms with Crippen LogP contribution >= 0.6 is 0 Å². The molecule has 1 N–H and O–H groups in total. The average molecular weight is 224 g/mol. The summed E-state index contributed by atoms with van der Waals surface area (Å²) < 4.78 is 10.9. The molecule has 0 aliphatic rings. The molecule has 1 aromatic rings. The predicted molar refractivity (Wildman–Crippen MR) is 64.3 cm³/mol. The van der Waals surface area contributed by atoms with Crippen LogP contribution in [0.15, 0.2) is 18.2 Å². The molecule has 0 aliphatic carbocycles. The highest BCUT2D eigenvalue weighted by Crippen LogP contribution is 2.38. The number of ether oxygens (including phenoxy) is 2. The molecule has 0 aromatic heterocycles. The smallest absolute Gasteiger partial charge is 0.164 e. The largest absolute Gasteiger partial charge is 0.493 e. The Balaban J connectivity index is 3.23. The fourth-order valence-electron chi connectivity index (χ4n) is 1.61. The van der Waals surface area contributed by atoms with Gasteiger partial charge >= 0.3 is 0 Å². The fourth-order valence-corrected chi connectivity index (χ4v) is 1.61. The lowest BCUT2D eigenvalue weighted by atomic mass is 9.85. The average Bonchev–Trinajstić information content (AvgIpc) is 2.29. The molecule has 0 saturated carbocycles. The Morgan fingerprint density at radius 2 is 2.00 bits per heavy atom. The van der Waals surface area contributed by atoms with E-state index >= 15 is 0 Å². The number of aliphatic hydroxyl groups is 1. The number of hydrogen-bond acceptors (Lipinski definition) is 3. The van der Waals surface area contributed by atoms with Gasteiger partial charge in [0.25, 0.3) is 0 Å². The first kappa shape index (κ1) is 12.8. The first-order valence-electron chi connectivity index (χ1n) is 5.48. The topological polar surface area (TPSA) is 38.7 Å². The molecule has 0 saturated heterocycles. The zero-order valence-electron chi connectivity index (χ0n) is 10.4. The zero-order valence-corrected chi connectivity index (χ0v) is 10.4. The lowest BCUT2D eigenvalue weighted by molar-refractivity contribution is 0.213. The van der Waals surface area contributed by atoms with Gasteiger partial charge in [0.05, 0.1) is 20.3 Å². The van der Waals surface area contributed by atoms with Crippen LogP contribution in [0.5, 0.6) is 11.5 Å². The van der Waals surface area contributed by atoms with E-state index in [2.05, 4.69) is 0 Å². The van der Waals surface area contributed by atoms with Gasteiger partial charge in [0.15, 0.2) is 11.5 Å². The summed E-state index contributed by atoms with van der Waals surface area (Å²) >= 11 is 0. The van der Waals surface area contributed by atoms with Crippen molar-refractivity contribution < 1.29 is 14.6 Å². The Morgan fingerprint density at radius 3 is 2.50 bits per heavy atom. The molecule has 0 heterocycles. The summed E-state index contributed by atoms with van der Waals surface area (Å²) in [4.78, 5) is 0. The number of aliphatic hydroxyl groups excluding tert-OH is 1. The van der Waals surface area contributed by atoms with Crippen LogP contribution in [0, 0.1) is 0 Å². The molecule has 0 aliphatic heterocycles. The number of hydrogen-bond donors (Lipinski definition) is 1. The van der Waals surface area contributed by atoms with Crippen molar-refractivity contribution in [1.82, 2.24) is 0 Å². The maximum absolute atomic E-state index is 9.39. The molecule has 0 radical (unpaired) electrons. The lowest BCUT2D eigenvalue weighted by Crippen LogP contribution is -2.23. The van der Waals surface area contributed by atoms with E-state index in [1.54, 1.807) is 7.11 Å². The van der Waals surface area contributed by atoms with Crippen LogP contribution < -0.4 is 9.47 Å². The van der Waals surface area contributed by atoms with Crippen LogP contribution in [0.3, 0.4) is 0 Å². The highest BCUT2D eigenvalue weighted by Gasteiger charge is 2.25. The molecule has 1 aromatic carbocycles. The molecule has 0 bridgehead atoms.